The molecule has 202 valence electrons. The molecule has 0 radical (unpaired) electrons. The molecule has 0 spiro atoms. The molecule has 5 rings (SSSR count). The topological polar surface area (TPSA) is 81.8 Å². The van der Waals surface area contributed by atoms with Crippen LogP contribution in [0.25, 0.3) is 22.6 Å². The van der Waals surface area contributed by atoms with Crippen LogP contribution < -0.4 is 9.47 Å². The maximum atomic E-state index is 11.3. The van der Waals surface area contributed by atoms with Gasteiger partial charge in [0, 0.05) is 24.0 Å². The van der Waals surface area contributed by atoms with Gasteiger partial charge in [-0.15, -0.1) is 0 Å². The van der Waals surface area contributed by atoms with Gasteiger partial charge in [0.25, 0.3) is 0 Å². The third kappa shape index (κ3) is 6.77. The van der Waals surface area contributed by atoms with E-state index in [0.717, 1.165) is 45.0 Å². The minimum absolute atomic E-state index is 0.0446. The maximum absolute atomic E-state index is 11.3. The van der Waals surface area contributed by atoms with Crippen molar-refractivity contribution in [2.45, 2.75) is 32.8 Å². The fourth-order valence-electron chi connectivity index (χ4n) is 4.55. The summed E-state index contributed by atoms with van der Waals surface area (Å²) in [5.41, 5.74) is 5.68. The molecule has 0 saturated carbocycles. The van der Waals surface area contributed by atoms with Crippen molar-refractivity contribution in [3.63, 3.8) is 0 Å². The Labute approximate surface area is 233 Å². The van der Waals surface area contributed by atoms with Crippen LogP contribution in [0.4, 0.5) is 0 Å². The maximum Gasteiger partial charge on any atom is 0.303 e. The lowest BCUT2D eigenvalue weighted by atomic mass is 10.0. The normalized spacial score (nSPS) is 10.8. The Bertz CT molecular complexity index is 1560. The number of aryl methyl sites for hydroxylation is 2. The molecule has 5 aromatic rings. The molecule has 40 heavy (non-hydrogen) atoms. The quantitative estimate of drug-likeness (QED) is 0.178. The van der Waals surface area contributed by atoms with Gasteiger partial charge in [-0.25, -0.2) is 4.98 Å². The number of aliphatic carboxylic acids is 1. The highest BCUT2D eigenvalue weighted by atomic mass is 16.5. The van der Waals surface area contributed by atoms with Crippen molar-refractivity contribution in [2.75, 3.05) is 6.61 Å². The van der Waals surface area contributed by atoms with Crippen molar-refractivity contribution in [3.05, 3.63) is 126 Å². The van der Waals surface area contributed by atoms with Crippen LogP contribution in [0.2, 0.25) is 0 Å². The standard InChI is InChI=1S/C34H31NO5/c1-24-31(35-34(40-24)27-12-6-3-7-13-27)20-21-38-29-18-16-25(17-19-33(36)37)28(22-29)23-39-32-15-9-8-14-30(32)26-10-4-2-5-11-26/h2-16,18,22H,17,19-21,23H2,1H3,(H,36,37). The predicted molar refractivity (Wildman–Crippen MR) is 154 cm³/mol. The number of oxazole rings is 1. The number of para-hydroxylation sites is 1. The summed E-state index contributed by atoms with van der Waals surface area (Å²) in [6.45, 7) is 2.63. The number of benzene rings is 4. The van der Waals surface area contributed by atoms with Crippen LogP contribution in [-0.2, 0) is 24.2 Å². The zero-order valence-electron chi connectivity index (χ0n) is 22.4. The van der Waals surface area contributed by atoms with Crippen molar-refractivity contribution < 1.29 is 23.8 Å². The molecule has 6 nitrogen and oxygen atoms in total. The molecule has 0 aliphatic rings. The molecule has 1 heterocycles. The number of hydrogen-bond acceptors (Lipinski definition) is 5. The number of rotatable bonds is 12. The third-order valence-electron chi connectivity index (χ3n) is 6.66. The molecular weight excluding hydrogens is 502 g/mol. The number of aromatic nitrogens is 1. The first-order chi connectivity index (χ1) is 19.6. The lowest BCUT2D eigenvalue weighted by molar-refractivity contribution is -0.136. The zero-order valence-corrected chi connectivity index (χ0v) is 22.4. The van der Waals surface area contributed by atoms with E-state index in [2.05, 4.69) is 4.98 Å². The van der Waals surface area contributed by atoms with E-state index >= 15 is 0 Å². The summed E-state index contributed by atoms with van der Waals surface area (Å²) < 4.78 is 18.3. The highest BCUT2D eigenvalue weighted by molar-refractivity contribution is 5.70. The summed E-state index contributed by atoms with van der Waals surface area (Å²) in [5.74, 6) is 2.00. The van der Waals surface area contributed by atoms with Gasteiger partial charge in [-0.2, -0.15) is 0 Å². The first-order valence-electron chi connectivity index (χ1n) is 13.3. The Morgan fingerprint density at radius 2 is 1.50 bits per heavy atom. The second kappa shape index (κ2) is 12.8. The Balaban J connectivity index is 1.29. The number of carboxylic acid groups (broad SMARTS) is 1. The van der Waals surface area contributed by atoms with Crippen LogP contribution in [0.15, 0.2) is 108 Å². The molecule has 1 N–H and O–H groups in total. The second-order valence-electron chi connectivity index (χ2n) is 9.46. The van der Waals surface area contributed by atoms with E-state index < -0.39 is 5.97 Å². The number of nitrogens with zero attached hydrogens (tertiary/aromatic N) is 1. The predicted octanol–water partition coefficient (Wildman–Crippen LogP) is 7.53. The molecule has 1 aromatic heterocycles. The number of carbonyl (C=O) groups is 1. The summed E-state index contributed by atoms with van der Waals surface area (Å²) in [5, 5.41) is 9.24. The van der Waals surface area contributed by atoms with Gasteiger partial charge in [0.15, 0.2) is 0 Å². The van der Waals surface area contributed by atoms with Crippen LogP contribution in [0.1, 0.15) is 29.0 Å². The van der Waals surface area contributed by atoms with Crippen LogP contribution in [0, 0.1) is 6.92 Å². The van der Waals surface area contributed by atoms with Crippen LogP contribution in [0.3, 0.4) is 0 Å². The molecule has 0 amide bonds. The fourth-order valence-corrected chi connectivity index (χ4v) is 4.55. The van der Waals surface area contributed by atoms with E-state index in [0.29, 0.717) is 37.7 Å². The largest absolute Gasteiger partial charge is 0.493 e. The number of ether oxygens (including phenoxy) is 2. The van der Waals surface area contributed by atoms with Gasteiger partial charge in [-0.3, -0.25) is 4.79 Å². The van der Waals surface area contributed by atoms with Crippen LogP contribution in [-0.4, -0.2) is 22.7 Å². The Morgan fingerprint density at radius 3 is 2.25 bits per heavy atom. The van der Waals surface area contributed by atoms with E-state index in [4.69, 9.17) is 13.9 Å². The van der Waals surface area contributed by atoms with Crippen molar-refractivity contribution in [1.29, 1.82) is 0 Å². The lowest BCUT2D eigenvalue weighted by Crippen LogP contribution is -2.07. The van der Waals surface area contributed by atoms with E-state index in [1.807, 2.05) is 110 Å². The van der Waals surface area contributed by atoms with Gasteiger partial charge in [-0.1, -0.05) is 72.8 Å². The van der Waals surface area contributed by atoms with Gasteiger partial charge >= 0.3 is 5.97 Å². The van der Waals surface area contributed by atoms with Gasteiger partial charge in [-0.05, 0) is 60.4 Å². The van der Waals surface area contributed by atoms with Crippen molar-refractivity contribution >= 4 is 5.97 Å². The summed E-state index contributed by atoms with van der Waals surface area (Å²) in [4.78, 5) is 15.9. The number of hydrogen-bond donors (Lipinski definition) is 1. The van der Waals surface area contributed by atoms with E-state index in [-0.39, 0.29) is 6.42 Å². The Hall–Kier alpha value is -4.84. The van der Waals surface area contributed by atoms with E-state index in [1.165, 1.54) is 0 Å². The van der Waals surface area contributed by atoms with Crippen molar-refractivity contribution in [2.24, 2.45) is 0 Å². The Kier molecular flexibility index (Phi) is 8.57. The molecule has 0 unspecified atom stereocenters. The molecule has 0 aliphatic carbocycles. The SMILES string of the molecule is Cc1oc(-c2ccccc2)nc1CCOc1ccc(CCC(=O)O)c(COc2ccccc2-c2ccccc2)c1. The van der Waals surface area contributed by atoms with E-state index in [9.17, 15) is 9.90 Å². The van der Waals surface area contributed by atoms with Gasteiger partial charge in [0.05, 0.1) is 12.3 Å². The molecule has 0 fully saturated rings. The van der Waals surface area contributed by atoms with Crippen molar-refractivity contribution in [1.82, 2.24) is 4.98 Å². The first kappa shape index (κ1) is 26.8. The van der Waals surface area contributed by atoms with Crippen LogP contribution in [0.5, 0.6) is 11.5 Å². The van der Waals surface area contributed by atoms with Crippen molar-refractivity contribution in [3.8, 4) is 34.1 Å². The molecule has 0 saturated heterocycles. The van der Waals surface area contributed by atoms with Gasteiger partial charge in [0.1, 0.15) is 23.9 Å². The van der Waals surface area contributed by atoms with Crippen LogP contribution >= 0.6 is 0 Å². The molecule has 0 aliphatic heterocycles. The molecule has 6 heteroatoms. The molecule has 4 aromatic carbocycles. The molecule has 0 bridgehead atoms. The average molecular weight is 534 g/mol. The smallest absolute Gasteiger partial charge is 0.303 e. The highest BCUT2D eigenvalue weighted by Crippen LogP contribution is 2.31. The summed E-state index contributed by atoms with van der Waals surface area (Å²) >= 11 is 0. The Morgan fingerprint density at radius 1 is 0.800 bits per heavy atom. The number of carboxylic acids is 1. The fraction of sp³-hybridized carbons (Fsp3) is 0.176. The minimum atomic E-state index is -0.834. The molecule has 0 atom stereocenters. The summed E-state index contributed by atoms with van der Waals surface area (Å²) in [7, 11) is 0. The monoisotopic (exact) mass is 533 g/mol. The minimum Gasteiger partial charge on any atom is -0.493 e. The van der Waals surface area contributed by atoms with Gasteiger partial charge < -0.3 is 19.0 Å². The average Bonchev–Trinajstić information content (AvgIpc) is 3.36. The van der Waals surface area contributed by atoms with Gasteiger partial charge in [0.2, 0.25) is 5.89 Å². The highest BCUT2D eigenvalue weighted by Gasteiger charge is 2.13. The molecular formula is C34H31NO5. The second-order valence-corrected chi connectivity index (χ2v) is 9.46. The lowest BCUT2D eigenvalue weighted by Gasteiger charge is -2.15. The van der Waals surface area contributed by atoms with E-state index in [1.54, 1.807) is 0 Å². The first-order valence-corrected chi connectivity index (χ1v) is 13.3. The summed E-state index contributed by atoms with van der Waals surface area (Å²) in [6.07, 6.45) is 1.05. The zero-order chi connectivity index (χ0) is 27.7. The third-order valence-corrected chi connectivity index (χ3v) is 6.66. The summed E-state index contributed by atoms with van der Waals surface area (Å²) in [6, 6.07) is 33.6.